The lowest BCUT2D eigenvalue weighted by atomic mass is 9.72. The Kier molecular flexibility index (Phi) is 8.26. The highest BCUT2D eigenvalue weighted by Crippen LogP contribution is 2.38. The van der Waals surface area contributed by atoms with Gasteiger partial charge in [-0.15, -0.1) is 0 Å². The number of hydrogen-bond donors (Lipinski definition) is 1. The third-order valence-corrected chi connectivity index (χ3v) is 3.22. The molecule has 0 saturated carbocycles. The number of piperidine rings is 1. The molecule has 0 spiro atoms. The highest BCUT2D eigenvalue weighted by atomic mass is 14.9. The number of hydrogen-bond acceptors (Lipinski definition) is 1. The average Bonchev–Trinajstić information content (AvgIpc) is 2.23. The first-order chi connectivity index (χ1) is 6.83. The van der Waals surface area contributed by atoms with Crippen LogP contribution in [0.15, 0.2) is 0 Å². The third kappa shape index (κ3) is 4.45. The summed E-state index contributed by atoms with van der Waals surface area (Å²) in [5.74, 6) is 0. The van der Waals surface area contributed by atoms with Gasteiger partial charge < -0.3 is 5.32 Å². The Labute approximate surface area is 90.7 Å². The predicted molar refractivity (Wildman–Crippen MR) is 65.7 cm³/mol. The second-order valence-corrected chi connectivity index (χ2v) is 4.25. The van der Waals surface area contributed by atoms with E-state index in [2.05, 4.69) is 19.2 Å². The van der Waals surface area contributed by atoms with Gasteiger partial charge in [0.2, 0.25) is 0 Å². The Morgan fingerprint density at radius 2 is 1.36 bits per heavy atom. The van der Waals surface area contributed by atoms with Crippen molar-refractivity contribution in [3.63, 3.8) is 0 Å². The summed E-state index contributed by atoms with van der Waals surface area (Å²) in [5.41, 5.74) is 0.717. The van der Waals surface area contributed by atoms with Gasteiger partial charge in [0, 0.05) is 0 Å². The van der Waals surface area contributed by atoms with Crippen LogP contribution < -0.4 is 5.32 Å². The summed E-state index contributed by atoms with van der Waals surface area (Å²) in [6.07, 6.45) is 8.44. The lowest BCUT2D eigenvalue weighted by Crippen LogP contribution is -2.36. The molecule has 86 valence electrons. The molecule has 0 atom stereocenters. The van der Waals surface area contributed by atoms with Crippen molar-refractivity contribution in [2.45, 2.75) is 66.2 Å². The van der Waals surface area contributed by atoms with Gasteiger partial charge in [0.25, 0.3) is 0 Å². The maximum Gasteiger partial charge on any atom is -0.00436 e. The minimum Gasteiger partial charge on any atom is -0.317 e. The zero-order valence-electron chi connectivity index (χ0n) is 10.7. The van der Waals surface area contributed by atoms with E-state index in [9.17, 15) is 0 Å². The Balaban J connectivity index is 0.000000791. The lowest BCUT2D eigenvalue weighted by molar-refractivity contribution is 0.165. The minimum atomic E-state index is 0.717. The molecule has 0 aromatic rings. The molecule has 1 heterocycles. The molecule has 0 aromatic carbocycles. The van der Waals surface area contributed by atoms with E-state index in [0.717, 1.165) is 5.41 Å². The summed E-state index contributed by atoms with van der Waals surface area (Å²) >= 11 is 0. The van der Waals surface area contributed by atoms with Crippen LogP contribution in [0.25, 0.3) is 0 Å². The first kappa shape index (κ1) is 14.0. The highest BCUT2D eigenvalue weighted by molar-refractivity contribution is 4.83. The van der Waals surface area contributed by atoms with E-state index < -0.39 is 0 Å². The van der Waals surface area contributed by atoms with Crippen LogP contribution in [0.1, 0.15) is 66.2 Å². The van der Waals surface area contributed by atoms with E-state index in [1.807, 2.05) is 13.8 Å². The summed E-state index contributed by atoms with van der Waals surface area (Å²) in [4.78, 5) is 0. The lowest BCUT2D eigenvalue weighted by Gasteiger charge is -2.37. The quantitative estimate of drug-likeness (QED) is 0.722. The smallest absolute Gasteiger partial charge is 0.00436 e. The SMILES string of the molecule is CC.CCCC1(CCC)CCNCC1. The van der Waals surface area contributed by atoms with E-state index in [4.69, 9.17) is 0 Å². The molecular formula is C13H29N. The van der Waals surface area contributed by atoms with Gasteiger partial charge in [-0.25, -0.2) is 0 Å². The maximum atomic E-state index is 3.46. The van der Waals surface area contributed by atoms with Crippen molar-refractivity contribution < 1.29 is 0 Å². The fraction of sp³-hybridized carbons (Fsp3) is 1.00. The topological polar surface area (TPSA) is 12.0 Å². The molecule has 0 radical (unpaired) electrons. The van der Waals surface area contributed by atoms with Crippen LogP contribution in [-0.4, -0.2) is 13.1 Å². The van der Waals surface area contributed by atoms with Crippen LogP contribution in [0.2, 0.25) is 0 Å². The summed E-state index contributed by atoms with van der Waals surface area (Å²) in [6, 6.07) is 0. The van der Waals surface area contributed by atoms with Gasteiger partial charge in [-0.05, 0) is 44.2 Å². The molecule has 0 aliphatic carbocycles. The Morgan fingerprint density at radius 3 is 1.71 bits per heavy atom. The predicted octanol–water partition coefficient (Wildman–Crippen LogP) is 3.98. The summed E-state index contributed by atoms with van der Waals surface area (Å²) in [5, 5.41) is 3.46. The van der Waals surface area contributed by atoms with Crippen LogP contribution in [0.3, 0.4) is 0 Å². The van der Waals surface area contributed by atoms with Crippen molar-refractivity contribution in [1.29, 1.82) is 0 Å². The first-order valence-electron chi connectivity index (χ1n) is 6.54. The van der Waals surface area contributed by atoms with Gasteiger partial charge in [-0.2, -0.15) is 0 Å². The van der Waals surface area contributed by atoms with Crippen LogP contribution in [-0.2, 0) is 0 Å². The summed E-state index contributed by atoms with van der Waals surface area (Å²) < 4.78 is 0. The monoisotopic (exact) mass is 199 g/mol. The van der Waals surface area contributed by atoms with Gasteiger partial charge in [0.1, 0.15) is 0 Å². The molecule has 1 N–H and O–H groups in total. The third-order valence-electron chi connectivity index (χ3n) is 3.22. The zero-order chi connectivity index (χ0) is 10.9. The molecule has 0 amide bonds. The maximum absolute atomic E-state index is 3.46. The van der Waals surface area contributed by atoms with Crippen molar-refractivity contribution >= 4 is 0 Å². The summed E-state index contributed by atoms with van der Waals surface area (Å²) in [6.45, 7) is 11.1. The van der Waals surface area contributed by atoms with Gasteiger partial charge in [-0.1, -0.05) is 40.5 Å². The van der Waals surface area contributed by atoms with Gasteiger partial charge in [-0.3, -0.25) is 0 Å². The molecular weight excluding hydrogens is 170 g/mol. The van der Waals surface area contributed by atoms with Crippen LogP contribution >= 0.6 is 0 Å². The van der Waals surface area contributed by atoms with Crippen molar-refractivity contribution in [2.75, 3.05) is 13.1 Å². The number of nitrogens with one attached hydrogen (secondary N) is 1. The van der Waals surface area contributed by atoms with Gasteiger partial charge in [0.15, 0.2) is 0 Å². The zero-order valence-corrected chi connectivity index (χ0v) is 10.7. The van der Waals surface area contributed by atoms with Gasteiger partial charge in [0.05, 0.1) is 0 Å². The molecule has 1 fully saturated rings. The summed E-state index contributed by atoms with van der Waals surface area (Å²) in [7, 11) is 0. The highest BCUT2D eigenvalue weighted by Gasteiger charge is 2.29. The Hall–Kier alpha value is -0.0400. The largest absolute Gasteiger partial charge is 0.317 e. The molecule has 0 aromatic heterocycles. The van der Waals surface area contributed by atoms with Crippen LogP contribution in [0.4, 0.5) is 0 Å². The van der Waals surface area contributed by atoms with Crippen LogP contribution in [0.5, 0.6) is 0 Å². The fourth-order valence-electron chi connectivity index (χ4n) is 2.64. The van der Waals surface area contributed by atoms with Crippen molar-refractivity contribution in [3.05, 3.63) is 0 Å². The molecule has 1 nitrogen and oxygen atoms in total. The molecule has 14 heavy (non-hydrogen) atoms. The Morgan fingerprint density at radius 1 is 0.929 bits per heavy atom. The molecule has 1 rings (SSSR count). The average molecular weight is 199 g/mol. The van der Waals surface area contributed by atoms with Crippen molar-refractivity contribution in [3.8, 4) is 0 Å². The molecule has 0 bridgehead atoms. The standard InChI is InChI=1S/C11H23N.C2H6/c1-3-5-11(6-4-2)7-9-12-10-8-11;1-2/h12H,3-10H2,1-2H3;1-2H3. The minimum absolute atomic E-state index is 0.717. The van der Waals surface area contributed by atoms with E-state index in [1.54, 1.807) is 0 Å². The second kappa shape index (κ2) is 8.28. The van der Waals surface area contributed by atoms with E-state index in [-0.39, 0.29) is 0 Å². The van der Waals surface area contributed by atoms with Crippen molar-refractivity contribution in [1.82, 2.24) is 5.32 Å². The van der Waals surface area contributed by atoms with Gasteiger partial charge >= 0.3 is 0 Å². The van der Waals surface area contributed by atoms with Crippen LogP contribution in [0, 0.1) is 5.41 Å². The molecule has 1 saturated heterocycles. The van der Waals surface area contributed by atoms with Crippen molar-refractivity contribution in [2.24, 2.45) is 5.41 Å². The molecule has 1 aliphatic heterocycles. The van der Waals surface area contributed by atoms with E-state index in [0.29, 0.717) is 0 Å². The normalized spacial score (nSPS) is 19.7. The number of rotatable bonds is 4. The second-order valence-electron chi connectivity index (χ2n) is 4.25. The van der Waals surface area contributed by atoms with E-state index in [1.165, 1.54) is 51.6 Å². The van der Waals surface area contributed by atoms with E-state index >= 15 is 0 Å². The Bertz CT molecular complexity index is 98.9. The molecule has 1 heteroatoms. The first-order valence-corrected chi connectivity index (χ1v) is 6.54. The molecule has 0 unspecified atom stereocenters. The molecule has 1 aliphatic rings. The fourth-order valence-corrected chi connectivity index (χ4v) is 2.64.